The van der Waals surface area contributed by atoms with E-state index in [-0.39, 0.29) is 30.0 Å². The van der Waals surface area contributed by atoms with E-state index < -0.39 is 6.04 Å². The van der Waals surface area contributed by atoms with Gasteiger partial charge in [0.05, 0.1) is 18.8 Å². The van der Waals surface area contributed by atoms with Crippen LogP contribution in [0.2, 0.25) is 0 Å². The van der Waals surface area contributed by atoms with Crippen molar-refractivity contribution in [2.75, 3.05) is 59.9 Å². The molecule has 0 unspecified atom stereocenters. The smallest absolute Gasteiger partial charge is 0.319 e. The van der Waals surface area contributed by atoms with Crippen molar-refractivity contribution in [2.45, 2.75) is 31.1 Å². The fourth-order valence-corrected chi connectivity index (χ4v) is 5.79. The van der Waals surface area contributed by atoms with Crippen LogP contribution in [0.4, 0.5) is 4.79 Å². The van der Waals surface area contributed by atoms with Gasteiger partial charge in [0.15, 0.2) is 0 Å². The molecular weight excluding hydrogens is 482 g/mol. The van der Waals surface area contributed by atoms with Crippen molar-refractivity contribution in [2.24, 2.45) is 0 Å². The number of fused-ring (bicyclic) bond motifs is 2. The molecule has 38 heavy (non-hydrogen) atoms. The Morgan fingerprint density at radius 3 is 2.18 bits per heavy atom. The summed E-state index contributed by atoms with van der Waals surface area (Å²) >= 11 is 0. The van der Waals surface area contributed by atoms with E-state index in [1.165, 1.54) is 11.1 Å². The molecule has 2 aromatic carbocycles. The van der Waals surface area contributed by atoms with Crippen LogP contribution in [-0.2, 0) is 26.5 Å². The van der Waals surface area contributed by atoms with Crippen molar-refractivity contribution in [3.05, 3.63) is 71.3 Å². The number of piperidine rings is 1. The number of carbonyl (C=O) groups excluding carboxylic acids is 3. The molecular formula is C29H37N5O4. The summed E-state index contributed by atoms with van der Waals surface area (Å²) in [5.74, 6) is -0.0872. The maximum absolute atomic E-state index is 13.6. The summed E-state index contributed by atoms with van der Waals surface area (Å²) in [5.41, 5.74) is 3.03. The standard InChI is InChI=1S/C29H37N5O4/c1-31(2)28(37)34-18-16-33(17-19-34)27(36)26(22-8-4-3-5-9-22)30-20-25(35)32-14-12-29(13-15-32)24-11-7-6-10-23(24)21-38-29/h3-11,26,30H,12-21H2,1-2H3/t26-/m1/s1. The highest BCUT2D eigenvalue weighted by atomic mass is 16.5. The van der Waals surface area contributed by atoms with Crippen molar-refractivity contribution in [1.29, 1.82) is 0 Å². The van der Waals surface area contributed by atoms with E-state index in [0.29, 0.717) is 45.9 Å². The van der Waals surface area contributed by atoms with Crippen LogP contribution in [0.5, 0.6) is 0 Å². The van der Waals surface area contributed by atoms with Gasteiger partial charge in [-0.25, -0.2) is 4.79 Å². The summed E-state index contributed by atoms with van der Waals surface area (Å²) in [5, 5.41) is 3.26. The van der Waals surface area contributed by atoms with Crippen molar-refractivity contribution < 1.29 is 19.1 Å². The molecule has 3 heterocycles. The second-order valence-corrected chi connectivity index (χ2v) is 10.5. The molecule has 2 fully saturated rings. The van der Waals surface area contributed by atoms with Gasteiger partial charge in [0.2, 0.25) is 11.8 Å². The van der Waals surface area contributed by atoms with Crippen LogP contribution in [0, 0.1) is 0 Å². The van der Waals surface area contributed by atoms with Crippen molar-refractivity contribution >= 4 is 17.8 Å². The van der Waals surface area contributed by atoms with Gasteiger partial charge in [-0.05, 0) is 29.5 Å². The Labute approximate surface area is 224 Å². The topological polar surface area (TPSA) is 85.4 Å². The van der Waals surface area contributed by atoms with Crippen molar-refractivity contribution in [3.63, 3.8) is 0 Å². The molecule has 1 N–H and O–H groups in total. The number of amides is 4. The Morgan fingerprint density at radius 2 is 1.50 bits per heavy atom. The minimum Gasteiger partial charge on any atom is -0.365 e. The molecule has 3 aliphatic rings. The SMILES string of the molecule is CN(C)C(=O)N1CCN(C(=O)[C@H](NCC(=O)N2CCC3(CC2)OCc2ccccc23)c2ccccc2)CC1. The summed E-state index contributed by atoms with van der Waals surface area (Å²) in [6, 6.07) is 17.2. The first-order chi connectivity index (χ1) is 18.4. The van der Waals surface area contributed by atoms with E-state index in [0.717, 1.165) is 18.4 Å². The summed E-state index contributed by atoms with van der Waals surface area (Å²) < 4.78 is 6.24. The number of ether oxygens (including phenoxy) is 1. The molecule has 2 saturated heterocycles. The Bertz CT molecular complexity index is 1150. The zero-order valence-electron chi connectivity index (χ0n) is 22.3. The zero-order valence-corrected chi connectivity index (χ0v) is 22.3. The van der Waals surface area contributed by atoms with Crippen LogP contribution in [0.1, 0.15) is 35.6 Å². The maximum Gasteiger partial charge on any atom is 0.319 e. The molecule has 0 aliphatic carbocycles. The van der Waals surface area contributed by atoms with Gasteiger partial charge in [0.25, 0.3) is 0 Å². The number of urea groups is 1. The molecule has 3 aliphatic heterocycles. The number of piperazine rings is 1. The highest BCUT2D eigenvalue weighted by Gasteiger charge is 2.43. The van der Waals surface area contributed by atoms with E-state index >= 15 is 0 Å². The lowest BCUT2D eigenvalue weighted by Crippen LogP contribution is -2.55. The minimum atomic E-state index is -0.627. The second-order valence-electron chi connectivity index (χ2n) is 10.5. The van der Waals surface area contributed by atoms with Crippen LogP contribution in [0.3, 0.4) is 0 Å². The van der Waals surface area contributed by atoms with E-state index in [4.69, 9.17) is 4.74 Å². The van der Waals surface area contributed by atoms with E-state index in [9.17, 15) is 14.4 Å². The number of carbonyl (C=O) groups is 3. The average Bonchev–Trinajstić information content (AvgIpc) is 3.31. The molecule has 1 atom stereocenters. The summed E-state index contributed by atoms with van der Waals surface area (Å²) in [6.45, 7) is 3.87. The fourth-order valence-electron chi connectivity index (χ4n) is 5.79. The molecule has 2 aromatic rings. The van der Waals surface area contributed by atoms with Crippen LogP contribution >= 0.6 is 0 Å². The number of likely N-dealkylation sites (tertiary alicyclic amines) is 1. The maximum atomic E-state index is 13.6. The molecule has 9 nitrogen and oxygen atoms in total. The third kappa shape index (κ3) is 5.26. The van der Waals surface area contributed by atoms with Crippen molar-refractivity contribution in [1.82, 2.24) is 24.9 Å². The first-order valence-corrected chi connectivity index (χ1v) is 13.4. The van der Waals surface area contributed by atoms with Gasteiger partial charge in [0, 0.05) is 53.4 Å². The summed E-state index contributed by atoms with van der Waals surface area (Å²) in [4.78, 5) is 46.1. The predicted molar refractivity (Wildman–Crippen MR) is 143 cm³/mol. The average molecular weight is 520 g/mol. The minimum absolute atomic E-state index is 0.0127. The number of hydrogen-bond donors (Lipinski definition) is 1. The quantitative estimate of drug-likeness (QED) is 0.655. The lowest BCUT2D eigenvalue weighted by molar-refractivity contribution is -0.138. The molecule has 4 amide bonds. The van der Waals surface area contributed by atoms with E-state index in [2.05, 4.69) is 23.5 Å². The molecule has 1 spiro atoms. The van der Waals surface area contributed by atoms with E-state index in [1.807, 2.05) is 41.3 Å². The number of nitrogens with zero attached hydrogens (tertiary/aromatic N) is 4. The predicted octanol–water partition coefficient (Wildman–Crippen LogP) is 2.19. The highest BCUT2D eigenvalue weighted by molar-refractivity contribution is 5.85. The van der Waals surface area contributed by atoms with Crippen LogP contribution in [0.25, 0.3) is 0 Å². The van der Waals surface area contributed by atoms with E-state index in [1.54, 1.807) is 28.8 Å². The Balaban J connectivity index is 1.19. The first-order valence-electron chi connectivity index (χ1n) is 13.4. The van der Waals surface area contributed by atoms with Crippen LogP contribution < -0.4 is 5.32 Å². The molecule has 0 radical (unpaired) electrons. The first kappa shape index (κ1) is 26.2. The molecule has 9 heteroatoms. The largest absolute Gasteiger partial charge is 0.365 e. The molecule has 0 bridgehead atoms. The van der Waals surface area contributed by atoms with Crippen LogP contribution in [-0.4, -0.2) is 97.4 Å². The zero-order chi connectivity index (χ0) is 26.7. The monoisotopic (exact) mass is 519 g/mol. The summed E-state index contributed by atoms with van der Waals surface area (Å²) in [7, 11) is 3.46. The fraction of sp³-hybridized carbons (Fsp3) is 0.483. The normalized spacial score (nSPS) is 19.3. The van der Waals surface area contributed by atoms with Gasteiger partial charge in [-0.15, -0.1) is 0 Å². The van der Waals surface area contributed by atoms with Crippen LogP contribution in [0.15, 0.2) is 54.6 Å². The lowest BCUT2D eigenvalue weighted by Gasteiger charge is -2.39. The Hall–Kier alpha value is -3.43. The lowest BCUT2D eigenvalue weighted by atomic mass is 9.84. The highest BCUT2D eigenvalue weighted by Crippen LogP contribution is 2.43. The van der Waals surface area contributed by atoms with Gasteiger partial charge in [0.1, 0.15) is 6.04 Å². The van der Waals surface area contributed by atoms with Gasteiger partial charge in [-0.3, -0.25) is 14.9 Å². The van der Waals surface area contributed by atoms with Gasteiger partial charge >= 0.3 is 6.03 Å². The number of rotatable bonds is 5. The molecule has 0 aromatic heterocycles. The van der Waals surface area contributed by atoms with Gasteiger partial charge < -0.3 is 24.3 Å². The van der Waals surface area contributed by atoms with Crippen molar-refractivity contribution in [3.8, 4) is 0 Å². The third-order valence-electron chi connectivity index (χ3n) is 8.02. The molecule has 0 saturated carbocycles. The number of nitrogens with one attached hydrogen (secondary N) is 1. The van der Waals surface area contributed by atoms with Gasteiger partial charge in [-0.2, -0.15) is 0 Å². The molecule has 5 rings (SSSR count). The number of hydrogen-bond acceptors (Lipinski definition) is 5. The number of benzene rings is 2. The van der Waals surface area contributed by atoms with Gasteiger partial charge in [-0.1, -0.05) is 54.6 Å². The Morgan fingerprint density at radius 1 is 0.868 bits per heavy atom. The summed E-state index contributed by atoms with van der Waals surface area (Å²) in [6.07, 6.45) is 1.54. The third-order valence-corrected chi connectivity index (χ3v) is 8.02. The second kappa shape index (κ2) is 11.1. The molecule has 202 valence electrons. The Kier molecular flexibility index (Phi) is 7.67.